The first kappa shape index (κ1) is 11.8. The highest BCUT2D eigenvalue weighted by Gasteiger charge is 2.19. The molecule has 0 spiro atoms. The van der Waals surface area contributed by atoms with Gasteiger partial charge >= 0.3 is 5.97 Å². The van der Waals surface area contributed by atoms with E-state index in [9.17, 15) is 9.90 Å². The monoisotopic (exact) mass is 230 g/mol. The molecule has 0 aromatic carbocycles. The molecular weight excluding hydrogens is 220 g/mol. The molecule has 1 rings (SSSR count). The minimum atomic E-state index is -0.583. The van der Waals surface area contributed by atoms with Gasteiger partial charge in [0.15, 0.2) is 0 Å². The zero-order valence-corrected chi connectivity index (χ0v) is 8.70. The van der Waals surface area contributed by atoms with Crippen molar-refractivity contribution in [3.05, 3.63) is 35.1 Å². The quantitative estimate of drug-likeness (QED) is 0.431. The average molecular weight is 231 g/mol. The second kappa shape index (κ2) is 5.58. The highest BCUT2D eigenvalue weighted by molar-refractivity contribution is 6.19. The Morgan fingerprint density at radius 1 is 1.53 bits per heavy atom. The van der Waals surface area contributed by atoms with E-state index in [1.807, 2.05) is 0 Å². The summed E-state index contributed by atoms with van der Waals surface area (Å²) in [5.74, 6) is -0.720. The van der Waals surface area contributed by atoms with E-state index in [4.69, 9.17) is 21.4 Å². The summed E-state index contributed by atoms with van der Waals surface area (Å²) in [6.45, 7) is -0.294. The minimum Gasteiger partial charge on any atom is -0.510 e. The van der Waals surface area contributed by atoms with Crippen molar-refractivity contribution in [3.63, 3.8) is 0 Å². The molecule has 0 saturated heterocycles. The topological polar surface area (TPSA) is 66.8 Å². The number of alkyl halides is 1. The molecule has 0 aromatic heterocycles. The lowest BCUT2D eigenvalue weighted by molar-refractivity contribution is -0.139. The Morgan fingerprint density at radius 2 is 2.27 bits per heavy atom. The molecule has 1 aliphatic carbocycles. The van der Waals surface area contributed by atoms with Gasteiger partial charge in [-0.05, 0) is 6.08 Å². The summed E-state index contributed by atoms with van der Waals surface area (Å²) in [4.78, 5) is 11.4. The molecule has 0 unspecified atom stereocenters. The van der Waals surface area contributed by atoms with Crippen LogP contribution in [0.15, 0.2) is 35.1 Å². The van der Waals surface area contributed by atoms with E-state index < -0.39 is 5.97 Å². The number of esters is 1. The molecule has 0 saturated carbocycles. The molecule has 82 valence electrons. The Morgan fingerprint density at radius 3 is 2.87 bits per heavy atom. The number of aliphatic hydroxyl groups excluding tert-OH is 2. The first-order valence-electron chi connectivity index (χ1n) is 4.35. The molecule has 2 N–H and O–H groups in total. The van der Waals surface area contributed by atoms with Crippen molar-refractivity contribution in [3.8, 4) is 0 Å². The molecular formula is C10H11ClO4. The molecule has 0 heterocycles. The molecule has 15 heavy (non-hydrogen) atoms. The summed E-state index contributed by atoms with van der Waals surface area (Å²) in [6.07, 6.45) is 4.72. The number of allylic oxidation sites excluding steroid dienone is 4. The van der Waals surface area contributed by atoms with Gasteiger partial charge in [-0.3, -0.25) is 0 Å². The van der Waals surface area contributed by atoms with Gasteiger partial charge in [0.05, 0.1) is 18.1 Å². The van der Waals surface area contributed by atoms with E-state index >= 15 is 0 Å². The Hall–Kier alpha value is -1.26. The van der Waals surface area contributed by atoms with Gasteiger partial charge in [0, 0.05) is 5.57 Å². The normalized spacial score (nSPS) is 17.6. The molecule has 0 amide bonds. The Kier molecular flexibility index (Phi) is 4.39. The van der Waals surface area contributed by atoms with Gasteiger partial charge in [-0.15, -0.1) is 11.6 Å². The third kappa shape index (κ3) is 2.84. The molecule has 0 radical (unpaired) electrons. The number of ether oxygens (including phenoxy) is 1. The van der Waals surface area contributed by atoms with Crippen molar-refractivity contribution >= 4 is 17.6 Å². The molecule has 0 fully saturated rings. The van der Waals surface area contributed by atoms with Gasteiger partial charge < -0.3 is 14.9 Å². The molecule has 1 aliphatic rings. The Bertz CT molecular complexity index is 341. The Labute approximate surface area is 92.1 Å². The standard InChI is InChI=1S/C10H11ClO4/c11-6-9(13)7-2-1-3-8(7)10(14)15-5-4-12/h1-3,12-13H,4-6H2/b9-7-. The minimum absolute atomic E-state index is 0.0644. The van der Waals surface area contributed by atoms with Crippen LogP contribution in [0.25, 0.3) is 0 Å². The van der Waals surface area contributed by atoms with E-state index in [1.54, 1.807) is 12.2 Å². The second-order valence-corrected chi connectivity index (χ2v) is 3.06. The molecule has 5 heteroatoms. The molecule has 0 aliphatic heterocycles. The second-order valence-electron chi connectivity index (χ2n) is 2.79. The number of rotatable bonds is 4. The predicted molar refractivity (Wildman–Crippen MR) is 55.6 cm³/mol. The van der Waals surface area contributed by atoms with E-state index in [-0.39, 0.29) is 30.4 Å². The van der Waals surface area contributed by atoms with Gasteiger partial charge in [-0.25, -0.2) is 4.79 Å². The van der Waals surface area contributed by atoms with Crippen LogP contribution in [0, 0.1) is 0 Å². The fourth-order valence-electron chi connectivity index (χ4n) is 1.14. The zero-order valence-electron chi connectivity index (χ0n) is 7.94. The van der Waals surface area contributed by atoms with Crippen LogP contribution in [0.1, 0.15) is 0 Å². The first-order chi connectivity index (χ1) is 7.20. The van der Waals surface area contributed by atoms with Crippen LogP contribution in [-0.2, 0) is 9.53 Å². The fourth-order valence-corrected chi connectivity index (χ4v) is 1.28. The SMILES string of the molecule is O=C(OCCO)C1=CC=C/C1=C(/O)CCl. The largest absolute Gasteiger partial charge is 0.510 e. The van der Waals surface area contributed by atoms with E-state index in [2.05, 4.69) is 0 Å². The van der Waals surface area contributed by atoms with Crippen LogP contribution in [0.3, 0.4) is 0 Å². The number of aliphatic hydroxyl groups is 2. The fraction of sp³-hybridized carbons (Fsp3) is 0.300. The third-order valence-electron chi connectivity index (χ3n) is 1.80. The lowest BCUT2D eigenvalue weighted by Crippen LogP contribution is -2.12. The van der Waals surface area contributed by atoms with Crippen LogP contribution in [0.2, 0.25) is 0 Å². The maximum absolute atomic E-state index is 11.4. The number of halogens is 1. The van der Waals surface area contributed by atoms with Crippen LogP contribution in [0.4, 0.5) is 0 Å². The van der Waals surface area contributed by atoms with Crippen LogP contribution >= 0.6 is 11.6 Å². The van der Waals surface area contributed by atoms with Crippen LogP contribution < -0.4 is 0 Å². The van der Waals surface area contributed by atoms with E-state index in [1.165, 1.54) is 6.08 Å². The van der Waals surface area contributed by atoms with Crippen molar-refractivity contribution in [2.75, 3.05) is 19.1 Å². The average Bonchev–Trinajstić information content (AvgIpc) is 2.73. The summed E-state index contributed by atoms with van der Waals surface area (Å²) in [6, 6.07) is 0. The van der Waals surface area contributed by atoms with Crippen molar-refractivity contribution < 1.29 is 19.7 Å². The smallest absolute Gasteiger partial charge is 0.338 e. The summed E-state index contributed by atoms with van der Waals surface area (Å²) in [7, 11) is 0. The van der Waals surface area contributed by atoms with E-state index in [0.29, 0.717) is 5.57 Å². The van der Waals surface area contributed by atoms with Crippen LogP contribution in [-0.4, -0.2) is 35.3 Å². The number of carbonyl (C=O) groups is 1. The predicted octanol–water partition coefficient (Wildman–Crippen LogP) is 1.07. The van der Waals surface area contributed by atoms with Gasteiger partial charge in [-0.1, -0.05) is 12.2 Å². The maximum atomic E-state index is 11.4. The zero-order chi connectivity index (χ0) is 11.3. The molecule has 4 nitrogen and oxygen atoms in total. The molecule has 0 atom stereocenters. The number of hydrogen-bond donors (Lipinski definition) is 2. The van der Waals surface area contributed by atoms with Gasteiger partial charge in [0.25, 0.3) is 0 Å². The molecule has 0 bridgehead atoms. The van der Waals surface area contributed by atoms with Gasteiger partial charge in [-0.2, -0.15) is 0 Å². The van der Waals surface area contributed by atoms with Gasteiger partial charge in [0.1, 0.15) is 12.4 Å². The summed E-state index contributed by atoms with van der Waals surface area (Å²) in [5, 5.41) is 17.9. The highest BCUT2D eigenvalue weighted by Crippen LogP contribution is 2.22. The van der Waals surface area contributed by atoms with Crippen LogP contribution in [0.5, 0.6) is 0 Å². The lowest BCUT2D eigenvalue weighted by atomic mass is 10.1. The third-order valence-corrected chi connectivity index (χ3v) is 2.05. The van der Waals surface area contributed by atoms with E-state index in [0.717, 1.165) is 0 Å². The number of carbonyl (C=O) groups excluding carboxylic acids is 1. The molecule has 0 aromatic rings. The Balaban J connectivity index is 2.76. The van der Waals surface area contributed by atoms with Crippen molar-refractivity contribution in [1.82, 2.24) is 0 Å². The lowest BCUT2D eigenvalue weighted by Gasteiger charge is -2.06. The van der Waals surface area contributed by atoms with Crippen molar-refractivity contribution in [1.29, 1.82) is 0 Å². The summed E-state index contributed by atoms with van der Waals surface area (Å²) >= 11 is 5.45. The first-order valence-corrected chi connectivity index (χ1v) is 4.89. The van der Waals surface area contributed by atoms with Crippen molar-refractivity contribution in [2.45, 2.75) is 0 Å². The maximum Gasteiger partial charge on any atom is 0.338 e. The van der Waals surface area contributed by atoms with Gasteiger partial charge in [0.2, 0.25) is 0 Å². The van der Waals surface area contributed by atoms with Crippen molar-refractivity contribution in [2.24, 2.45) is 0 Å². The number of hydrogen-bond acceptors (Lipinski definition) is 4. The summed E-state index contributed by atoms with van der Waals surface area (Å²) in [5.41, 5.74) is 0.620. The highest BCUT2D eigenvalue weighted by atomic mass is 35.5. The summed E-state index contributed by atoms with van der Waals surface area (Å²) < 4.78 is 4.71.